The Morgan fingerprint density at radius 1 is 1.90 bits per heavy atom. The van der Waals surface area contributed by atoms with Gasteiger partial charge < -0.3 is 4.55 Å². The van der Waals surface area contributed by atoms with E-state index in [4.69, 9.17) is 6.42 Å². The predicted octanol–water partition coefficient (Wildman–Crippen LogP) is 0.493. The van der Waals surface area contributed by atoms with Crippen LogP contribution in [0.25, 0.3) is 0 Å². The van der Waals surface area contributed by atoms with Gasteiger partial charge in [-0.25, -0.2) is 0 Å². The number of terminal acetylenes is 1. The first-order valence-corrected chi connectivity index (χ1v) is 5.57. The van der Waals surface area contributed by atoms with E-state index < -0.39 is 10.4 Å². The van der Waals surface area contributed by atoms with Crippen LogP contribution < -0.4 is 0 Å². The Bertz CT molecular complexity index is 156. The third-order valence-corrected chi connectivity index (χ3v) is 4.51. The summed E-state index contributed by atoms with van der Waals surface area (Å²) in [5.74, 6) is 3.76. The Kier molecular flexibility index (Phi) is 2.93. The Hall–Kier alpha value is 0.180. The van der Waals surface area contributed by atoms with E-state index in [2.05, 4.69) is 5.92 Å². The molecule has 0 spiro atoms. The average molecular weight is 175 g/mol. The quantitative estimate of drug-likeness (QED) is 0.304. The van der Waals surface area contributed by atoms with E-state index in [0.717, 1.165) is 12.3 Å². The highest BCUT2D eigenvalue weighted by atomic mass is 33.1. The van der Waals surface area contributed by atoms with Crippen LogP contribution in [0.4, 0.5) is 0 Å². The summed E-state index contributed by atoms with van der Waals surface area (Å²) in [5.41, 5.74) is 0. The molecule has 0 amide bonds. The minimum Gasteiger partial charge on any atom is -0.586 e. The summed E-state index contributed by atoms with van der Waals surface area (Å²) >= 11 is 0. The van der Waals surface area contributed by atoms with Gasteiger partial charge >= 0.3 is 0 Å². The highest BCUT2D eigenvalue weighted by Gasteiger charge is 2.27. The lowest BCUT2D eigenvalue weighted by Gasteiger charge is -2.25. The summed E-state index contributed by atoms with van der Waals surface area (Å²) in [6.45, 7) is 0.760. The van der Waals surface area contributed by atoms with Crippen molar-refractivity contribution >= 4 is 21.2 Å². The van der Waals surface area contributed by atoms with Crippen molar-refractivity contribution in [1.29, 1.82) is 0 Å². The third-order valence-electron chi connectivity index (χ3n) is 1.34. The second-order valence-corrected chi connectivity index (χ2v) is 5.36. The molecule has 1 aliphatic rings. The summed E-state index contributed by atoms with van der Waals surface area (Å²) in [6, 6.07) is 0. The van der Waals surface area contributed by atoms with Crippen molar-refractivity contribution in [3.8, 4) is 12.3 Å². The SMILES string of the molecule is C#CC1CS[S+]([O-])N(C)C1. The summed E-state index contributed by atoms with van der Waals surface area (Å²) in [5, 5.41) is 0. The van der Waals surface area contributed by atoms with Crippen LogP contribution in [0.2, 0.25) is 0 Å². The van der Waals surface area contributed by atoms with Crippen LogP contribution >= 0.6 is 10.8 Å². The number of rotatable bonds is 0. The Morgan fingerprint density at radius 3 is 3.10 bits per heavy atom. The molecule has 1 aliphatic heterocycles. The summed E-state index contributed by atoms with van der Waals surface area (Å²) in [7, 11) is 2.39. The zero-order valence-corrected chi connectivity index (χ0v) is 7.37. The van der Waals surface area contributed by atoms with Gasteiger partial charge in [-0.3, -0.25) is 0 Å². The normalized spacial score (nSPS) is 35.3. The van der Waals surface area contributed by atoms with Crippen molar-refractivity contribution in [2.75, 3.05) is 19.3 Å². The zero-order chi connectivity index (χ0) is 7.56. The molecule has 0 aromatic heterocycles. The second kappa shape index (κ2) is 3.54. The maximum absolute atomic E-state index is 11.0. The lowest BCUT2D eigenvalue weighted by molar-refractivity contribution is 0.448. The van der Waals surface area contributed by atoms with E-state index in [0.29, 0.717) is 0 Å². The molecule has 0 aromatic carbocycles. The molecule has 0 N–H and O–H groups in total. The molecule has 2 atom stereocenters. The molecule has 1 saturated heterocycles. The molecule has 56 valence electrons. The fourth-order valence-electron chi connectivity index (χ4n) is 0.755. The first-order chi connectivity index (χ1) is 4.74. The average Bonchev–Trinajstić information content (AvgIpc) is 1.95. The molecular formula is C6H9NOS2. The maximum Gasteiger partial charge on any atom is 0.115 e. The van der Waals surface area contributed by atoms with E-state index in [1.807, 2.05) is 7.05 Å². The van der Waals surface area contributed by atoms with Crippen LogP contribution in [0.3, 0.4) is 0 Å². The molecule has 0 radical (unpaired) electrons. The van der Waals surface area contributed by atoms with Crippen LogP contribution in [0.5, 0.6) is 0 Å². The molecule has 0 saturated carbocycles. The van der Waals surface area contributed by atoms with Crippen molar-refractivity contribution < 1.29 is 4.55 Å². The first-order valence-electron chi connectivity index (χ1n) is 2.96. The molecular weight excluding hydrogens is 166 g/mol. The summed E-state index contributed by atoms with van der Waals surface area (Å²) in [4.78, 5) is 0. The van der Waals surface area contributed by atoms with Crippen LogP contribution in [0.15, 0.2) is 0 Å². The van der Waals surface area contributed by atoms with Crippen LogP contribution in [-0.4, -0.2) is 28.2 Å². The van der Waals surface area contributed by atoms with Gasteiger partial charge in [-0.15, -0.1) is 16.6 Å². The molecule has 1 fully saturated rings. The smallest absolute Gasteiger partial charge is 0.115 e. The molecule has 10 heavy (non-hydrogen) atoms. The molecule has 0 aliphatic carbocycles. The topological polar surface area (TPSA) is 26.3 Å². The van der Waals surface area contributed by atoms with Crippen molar-refractivity contribution in [2.24, 2.45) is 5.92 Å². The van der Waals surface area contributed by atoms with E-state index in [9.17, 15) is 4.55 Å². The fourth-order valence-corrected chi connectivity index (χ4v) is 3.28. The number of nitrogens with zero attached hydrogens (tertiary/aromatic N) is 1. The summed E-state index contributed by atoms with van der Waals surface area (Å²) in [6.07, 6.45) is 5.22. The Balaban J connectivity index is 2.42. The third kappa shape index (κ3) is 1.83. The van der Waals surface area contributed by atoms with Gasteiger partial charge in [-0.05, 0) is 0 Å². The Morgan fingerprint density at radius 2 is 2.60 bits per heavy atom. The maximum atomic E-state index is 11.0. The molecule has 4 heteroatoms. The van der Waals surface area contributed by atoms with Gasteiger partial charge in [0.2, 0.25) is 0 Å². The van der Waals surface area contributed by atoms with Gasteiger partial charge in [-0.1, -0.05) is 0 Å². The van der Waals surface area contributed by atoms with Crippen LogP contribution in [0.1, 0.15) is 0 Å². The minimum atomic E-state index is -0.853. The molecule has 1 rings (SSSR count). The van der Waals surface area contributed by atoms with E-state index in [1.54, 1.807) is 4.31 Å². The second-order valence-electron chi connectivity index (χ2n) is 2.18. The van der Waals surface area contributed by atoms with Crippen molar-refractivity contribution in [1.82, 2.24) is 4.31 Å². The molecule has 2 nitrogen and oxygen atoms in total. The van der Waals surface area contributed by atoms with E-state index in [1.165, 1.54) is 10.8 Å². The van der Waals surface area contributed by atoms with Gasteiger partial charge in [0.1, 0.15) is 21.2 Å². The molecule has 2 unspecified atom stereocenters. The van der Waals surface area contributed by atoms with Crippen molar-refractivity contribution in [3.63, 3.8) is 0 Å². The summed E-state index contributed by atoms with van der Waals surface area (Å²) < 4.78 is 12.8. The Labute approximate surface area is 68.1 Å². The fraction of sp³-hybridized carbons (Fsp3) is 0.667. The van der Waals surface area contributed by atoms with Crippen molar-refractivity contribution in [2.45, 2.75) is 0 Å². The lowest BCUT2D eigenvalue weighted by Crippen LogP contribution is -2.35. The van der Waals surface area contributed by atoms with Gasteiger partial charge in [0.25, 0.3) is 0 Å². The first kappa shape index (κ1) is 8.28. The number of hydrogen-bond acceptors (Lipinski definition) is 3. The van der Waals surface area contributed by atoms with E-state index >= 15 is 0 Å². The van der Waals surface area contributed by atoms with Gasteiger partial charge in [-0.2, -0.15) is 0 Å². The van der Waals surface area contributed by atoms with Gasteiger partial charge in [0.15, 0.2) is 0 Å². The van der Waals surface area contributed by atoms with Crippen LogP contribution in [-0.2, 0) is 10.4 Å². The largest absolute Gasteiger partial charge is 0.586 e. The van der Waals surface area contributed by atoms with Crippen LogP contribution in [0, 0.1) is 18.3 Å². The number of hydrogen-bond donors (Lipinski definition) is 0. The highest BCUT2D eigenvalue weighted by molar-refractivity contribution is 8.71. The highest BCUT2D eigenvalue weighted by Crippen LogP contribution is 2.25. The van der Waals surface area contributed by atoms with E-state index in [-0.39, 0.29) is 5.92 Å². The van der Waals surface area contributed by atoms with Crippen molar-refractivity contribution in [3.05, 3.63) is 0 Å². The van der Waals surface area contributed by atoms with Gasteiger partial charge in [0, 0.05) is 7.05 Å². The standard InChI is InChI=1S/C6H9NOS2/c1-3-6-4-7(2)10(8)9-5-6/h1,6H,4-5H2,2H3. The lowest BCUT2D eigenvalue weighted by atomic mass is 10.2. The van der Waals surface area contributed by atoms with Gasteiger partial charge in [0.05, 0.1) is 18.2 Å². The molecule has 0 aromatic rings. The minimum absolute atomic E-state index is 0.271. The molecule has 0 bridgehead atoms. The zero-order valence-electron chi connectivity index (χ0n) is 5.74. The monoisotopic (exact) mass is 175 g/mol. The molecule has 1 heterocycles. The predicted molar refractivity (Wildman–Crippen MR) is 45.6 cm³/mol.